The number of piperidine rings is 1. The molecular formula is C20H22F2N4O4. The molecule has 1 aliphatic rings. The average molecular weight is 420 g/mol. The Kier molecular flexibility index (Phi) is 5.65. The summed E-state index contributed by atoms with van der Waals surface area (Å²) < 4.78 is 42.3. The number of halogens is 2. The Morgan fingerprint density at radius 3 is 2.70 bits per heavy atom. The van der Waals surface area contributed by atoms with Crippen LogP contribution < -0.4 is 4.74 Å². The Morgan fingerprint density at radius 1 is 1.27 bits per heavy atom. The molecule has 30 heavy (non-hydrogen) atoms. The van der Waals surface area contributed by atoms with Crippen LogP contribution in [0.5, 0.6) is 5.88 Å². The van der Waals surface area contributed by atoms with Gasteiger partial charge in [0.25, 0.3) is 18.0 Å². The van der Waals surface area contributed by atoms with Gasteiger partial charge in [0.05, 0.1) is 18.2 Å². The molecular weight excluding hydrogens is 398 g/mol. The Morgan fingerprint density at radius 2 is 2.03 bits per heavy atom. The summed E-state index contributed by atoms with van der Waals surface area (Å²) >= 11 is 0. The Hall–Kier alpha value is -3.04. The van der Waals surface area contributed by atoms with Crippen LogP contribution in [0, 0.1) is 6.92 Å². The first-order valence-corrected chi connectivity index (χ1v) is 9.78. The molecule has 1 aliphatic heterocycles. The molecule has 0 aromatic carbocycles. The van der Waals surface area contributed by atoms with E-state index in [-0.39, 0.29) is 28.5 Å². The zero-order chi connectivity index (χ0) is 21.3. The summed E-state index contributed by atoms with van der Waals surface area (Å²) in [5, 5.41) is 7.77. The van der Waals surface area contributed by atoms with E-state index >= 15 is 0 Å². The number of likely N-dealkylation sites (tertiary alicyclic amines) is 1. The third kappa shape index (κ3) is 3.99. The normalized spacial score (nSPS) is 15.3. The van der Waals surface area contributed by atoms with E-state index in [9.17, 15) is 13.6 Å². The van der Waals surface area contributed by atoms with E-state index in [0.29, 0.717) is 61.8 Å². The van der Waals surface area contributed by atoms with E-state index in [0.717, 1.165) is 0 Å². The SMILES string of the molecule is COc1cc(CCC(=O)N2CCC(c3cc(C(F)F)c4c(C)noc4n3)CC2)on1. The molecule has 8 nitrogen and oxygen atoms in total. The van der Waals surface area contributed by atoms with Gasteiger partial charge in [-0.05, 0) is 31.0 Å². The quantitative estimate of drug-likeness (QED) is 0.599. The molecule has 10 heteroatoms. The fourth-order valence-electron chi connectivity index (χ4n) is 3.85. The molecule has 1 saturated heterocycles. The predicted octanol–water partition coefficient (Wildman–Crippen LogP) is 3.80. The summed E-state index contributed by atoms with van der Waals surface area (Å²) in [5.41, 5.74) is 1.01. The number of amides is 1. The third-order valence-electron chi connectivity index (χ3n) is 5.50. The van der Waals surface area contributed by atoms with E-state index in [1.807, 2.05) is 0 Å². The van der Waals surface area contributed by atoms with Crippen molar-refractivity contribution < 1.29 is 27.4 Å². The topological polar surface area (TPSA) is 94.5 Å². The van der Waals surface area contributed by atoms with Crippen molar-refractivity contribution in [3.05, 3.63) is 34.8 Å². The van der Waals surface area contributed by atoms with Crippen molar-refractivity contribution in [2.75, 3.05) is 20.2 Å². The number of methoxy groups -OCH3 is 1. The molecule has 1 fully saturated rings. The molecule has 4 rings (SSSR count). The maximum atomic E-state index is 13.5. The van der Waals surface area contributed by atoms with Gasteiger partial charge < -0.3 is 18.7 Å². The third-order valence-corrected chi connectivity index (χ3v) is 5.50. The van der Waals surface area contributed by atoms with Crippen LogP contribution in [0.4, 0.5) is 8.78 Å². The minimum atomic E-state index is -2.64. The summed E-state index contributed by atoms with van der Waals surface area (Å²) in [6, 6.07) is 3.11. The number of rotatable bonds is 6. The largest absolute Gasteiger partial charge is 0.479 e. The number of nitrogens with zero attached hydrogens (tertiary/aromatic N) is 4. The van der Waals surface area contributed by atoms with Gasteiger partial charge in [-0.3, -0.25) is 4.79 Å². The number of carbonyl (C=O) groups excluding carboxylic acids is 1. The number of carbonyl (C=O) groups is 1. The smallest absolute Gasteiger partial charge is 0.264 e. The summed E-state index contributed by atoms with van der Waals surface area (Å²) in [5.74, 6) is 0.980. The Labute approximate surface area is 171 Å². The van der Waals surface area contributed by atoms with Gasteiger partial charge in [0, 0.05) is 49.2 Å². The second-order valence-electron chi connectivity index (χ2n) is 7.38. The van der Waals surface area contributed by atoms with Gasteiger partial charge in [0.15, 0.2) is 0 Å². The van der Waals surface area contributed by atoms with Crippen molar-refractivity contribution in [2.24, 2.45) is 0 Å². The van der Waals surface area contributed by atoms with Gasteiger partial charge in [0.2, 0.25) is 5.91 Å². The zero-order valence-corrected chi connectivity index (χ0v) is 16.7. The monoisotopic (exact) mass is 420 g/mol. The first kappa shape index (κ1) is 20.2. The van der Waals surface area contributed by atoms with Crippen LogP contribution in [0.3, 0.4) is 0 Å². The van der Waals surface area contributed by atoms with Gasteiger partial charge in [-0.2, -0.15) is 0 Å². The molecule has 0 radical (unpaired) electrons. The molecule has 4 heterocycles. The number of hydrogen-bond acceptors (Lipinski definition) is 7. The summed E-state index contributed by atoms with van der Waals surface area (Å²) in [6.45, 7) is 2.71. The summed E-state index contributed by atoms with van der Waals surface area (Å²) in [6.07, 6.45) is -0.591. The van der Waals surface area contributed by atoms with Crippen LogP contribution in [0.2, 0.25) is 0 Å². The molecule has 1 amide bonds. The molecule has 0 spiro atoms. The molecule has 0 bridgehead atoms. The fourth-order valence-corrected chi connectivity index (χ4v) is 3.85. The number of pyridine rings is 1. The maximum absolute atomic E-state index is 13.5. The number of aryl methyl sites for hydroxylation is 2. The minimum Gasteiger partial charge on any atom is -0.479 e. The molecule has 3 aromatic rings. The van der Waals surface area contributed by atoms with E-state index in [2.05, 4.69) is 15.3 Å². The highest BCUT2D eigenvalue weighted by molar-refractivity contribution is 5.80. The molecule has 0 unspecified atom stereocenters. The lowest BCUT2D eigenvalue weighted by Gasteiger charge is -2.32. The van der Waals surface area contributed by atoms with Gasteiger partial charge in [0.1, 0.15) is 5.76 Å². The van der Waals surface area contributed by atoms with E-state index in [4.69, 9.17) is 13.8 Å². The van der Waals surface area contributed by atoms with Crippen LogP contribution in [0.25, 0.3) is 11.1 Å². The molecule has 0 atom stereocenters. The van der Waals surface area contributed by atoms with Crippen molar-refractivity contribution in [1.82, 2.24) is 20.2 Å². The number of ether oxygens (including phenoxy) is 1. The van der Waals surface area contributed by atoms with Crippen molar-refractivity contribution in [1.29, 1.82) is 0 Å². The first-order chi connectivity index (χ1) is 14.5. The van der Waals surface area contributed by atoms with E-state index in [1.165, 1.54) is 13.2 Å². The van der Waals surface area contributed by atoms with Crippen LogP contribution in [0.15, 0.2) is 21.2 Å². The predicted molar refractivity (Wildman–Crippen MR) is 101 cm³/mol. The lowest BCUT2D eigenvalue weighted by atomic mass is 9.91. The summed E-state index contributed by atoms with van der Waals surface area (Å²) in [4.78, 5) is 18.7. The maximum Gasteiger partial charge on any atom is 0.264 e. The Bertz CT molecular complexity index is 1040. The highest BCUT2D eigenvalue weighted by Gasteiger charge is 2.27. The molecule has 160 valence electrons. The van der Waals surface area contributed by atoms with Crippen molar-refractivity contribution in [3.8, 4) is 5.88 Å². The van der Waals surface area contributed by atoms with Crippen LogP contribution >= 0.6 is 0 Å². The van der Waals surface area contributed by atoms with Crippen LogP contribution in [-0.4, -0.2) is 46.3 Å². The van der Waals surface area contributed by atoms with Gasteiger partial charge in [-0.25, -0.2) is 13.8 Å². The summed E-state index contributed by atoms with van der Waals surface area (Å²) in [7, 11) is 1.50. The number of hydrogen-bond donors (Lipinski definition) is 0. The molecule has 0 aliphatic carbocycles. The lowest BCUT2D eigenvalue weighted by molar-refractivity contribution is -0.132. The fraction of sp³-hybridized carbons (Fsp3) is 0.500. The zero-order valence-electron chi connectivity index (χ0n) is 16.7. The highest BCUT2D eigenvalue weighted by atomic mass is 19.3. The Balaban J connectivity index is 1.39. The van der Waals surface area contributed by atoms with Crippen LogP contribution in [0.1, 0.15) is 54.3 Å². The van der Waals surface area contributed by atoms with Gasteiger partial charge in [-0.15, -0.1) is 0 Å². The number of fused-ring (bicyclic) bond motifs is 1. The van der Waals surface area contributed by atoms with Crippen molar-refractivity contribution >= 4 is 17.0 Å². The van der Waals surface area contributed by atoms with Gasteiger partial charge in [-0.1, -0.05) is 5.16 Å². The first-order valence-electron chi connectivity index (χ1n) is 9.78. The standard InChI is InChI=1S/C20H22F2N4O4/c1-11-18-14(19(21)22)10-15(23-20(18)30-24-11)12-5-7-26(8-6-12)17(27)4-3-13-9-16(28-2)25-29-13/h9-10,12,19H,3-8H2,1-2H3. The lowest BCUT2D eigenvalue weighted by Crippen LogP contribution is -2.38. The molecule has 0 saturated carbocycles. The van der Waals surface area contributed by atoms with E-state index in [1.54, 1.807) is 17.9 Å². The van der Waals surface area contributed by atoms with Crippen molar-refractivity contribution in [3.63, 3.8) is 0 Å². The number of aromatic nitrogens is 3. The minimum absolute atomic E-state index is 0.0140. The molecule has 3 aromatic heterocycles. The van der Waals surface area contributed by atoms with E-state index < -0.39 is 6.43 Å². The van der Waals surface area contributed by atoms with Crippen molar-refractivity contribution in [2.45, 2.75) is 45.0 Å². The second-order valence-corrected chi connectivity index (χ2v) is 7.38. The number of alkyl halides is 2. The second kappa shape index (κ2) is 8.37. The molecule has 0 N–H and O–H groups in total. The van der Waals surface area contributed by atoms with Crippen LogP contribution in [-0.2, 0) is 11.2 Å². The van der Waals surface area contributed by atoms with Gasteiger partial charge >= 0.3 is 0 Å². The average Bonchev–Trinajstić information content (AvgIpc) is 3.38. The highest BCUT2D eigenvalue weighted by Crippen LogP contribution is 2.34.